The highest BCUT2D eigenvalue weighted by molar-refractivity contribution is 5.81. The van der Waals surface area contributed by atoms with Crippen LogP contribution < -0.4 is 5.32 Å². The second-order valence-corrected chi connectivity index (χ2v) is 6.11. The molecule has 0 bridgehead atoms. The summed E-state index contributed by atoms with van der Waals surface area (Å²) in [5.41, 5.74) is 0.337. The molecule has 0 aliphatic heterocycles. The summed E-state index contributed by atoms with van der Waals surface area (Å²) in [7, 11) is 1.25. The van der Waals surface area contributed by atoms with Gasteiger partial charge in [0.25, 0.3) is 0 Å². The van der Waals surface area contributed by atoms with Crippen molar-refractivity contribution in [3.63, 3.8) is 0 Å². The lowest BCUT2D eigenvalue weighted by Gasteiger charge is -2.23. The van der Waals surface area contributed by atoms with Crippen LogP contribution in [0.3, 0.4) is 0 Å². The molecule has 0 aromatic carbocycles. The summed E-state index contributed by atoms with van der Waals surface area (Å²) in [6.45, 7) is 8.95. The summed E-state index contributed by atoms with van der Waals surface area (Å²) in [6.07, 6.45) is 0.941. The number of allylic oxidation sites excluding steroid dienone is 1. The maximum absolute atomic E-state index is 11.7. The molecule has 0 radical (unpaired) electrons. The van der Waals surface area contributed by atoms with Gasteiger partial charge in [0.15, 0.2) is 0 Å². The Balaban J connectivity index is 4.57. The first kappa shape index (κ1) is 19.4. The zero-order chi connectivity index (χ0) is 16.6. The number of alkyl carbamates (subject to hydrolysis) is 1. The predicted octanol–water partition coefficient (Wildman–Crippen LogP) is 2.16. The molecular formula is C15H27NO5. The average Bonchev–Trinajstić information content (AvgIpc) is 2.30. The molecule has 21 heavy (non-hydrogen) atoms. The Morgan fingerprint density at radius 1 is 1.24 bits per heavy atom. The minimum atomic E-state index is -0.843. The van der Waals surface area contributed by atoms with Gasteiger partial charge in [0.2, 0.25) is 0 Å². The van der Waals surface area contributed by atoms with E-state index in [1.54, 1.807) is 26.8 Å². The number of carbonyl (C=O) groups excluding carboxylic acids is 2. The molecule has 1 amide bonds. The second kappa shape index (κ2) is 8.67. The second-order valence-electron chi connectivity index (χ2n) is 6.11. The number of hydrogen-bond donors (Lipinski definition) is 2. The first-order valence-electron chi connectivity index (χ1n) is 6.95. The van der Waals surface area contributed by atoms with Crippen molar-refractivity contribution in [1.29, 1.82) is 0 Å². The first-order chi connectivity index (χ1) is 9.55. The van der Waals surface area contributed by atoms with Crippen molar-refractivity contribution >= 4 is 12.1 Å². The summed E-state index contributed by atoms with van der Waals surface area (Å²) in [6, 6.07) is -0.843. The van der Waals surface area contributed by atoms with Crippen molar-refractivity contribution in [2.45, 2.75) is 65.2 Å². The molecule has 0 rings (SSSR count). The Bertz CT molecular complexity index is 380. The summed E-state index contributed by atoms with van der Waals surface area (Å²) in [5.74, 6) is -0.565. The zero-order valence-electron chi connectivity index (χ0n) is 13.7. The van der Waals surface area contributed by atoms with Gasteiger partial charge < -0.3 is 19.9 Å². The lowest BCUT2D eigenvalue weighted by molar-refractivity contribution is -0.143. The summed E-state index contributed by atoms with van der Waals surface area (Å²) in [5, 5.41) is 12.2. The fourth-order valence-electron chi connectivity index (χ4n) is 1.65. The van der Waals surface area contributed by atoms with Crippen LogP contribution in [0.15, 0.2) is 11.6 Å². The van der Waals surface area contributed by atoms with Crippen LogP contribution in [-0.2, 0) is 14.3 Å². The van der Waals surface area contributed by atoms with E-state index >= 15 is 0 Å². The van der Waals surface area contributed by atoms with Crippen LogP contribution in [0.4, 0.5) is 4.79 Å². The maximum atomic E-state index is 11.7. The van der Waals surface area contributed by atoms with Gasteiger partial charge >= 0.3 is 12.1 Å². The van der Waals surface area contributed by atoms with E-state index in [2.05, 4.69) is 10.1 Å². The van der Waals surface area contributed by atoms with E-state index in [9.17, 15) is 14.7 Å². The van der Waals surface area contributed by atoms with Crippen molar-refractivity contribution in [3.8, 4) is 0 Å². The molecule has 0 aliphatic rings. The van der Waals surface area contributed by atoms with Crippen LogP contribution >= 0.6 is 0 Å². The summed E-state index contributed by atoms with van der Waals surface area (Å²) < 4.78 is 9.75. The normalized spacial score (nSPS) is 13.9. The number of amides is 1. The van der Waals surface area contributed by atoms with Crippen LogP contribution in [0, 0.1) is 0 Å². The van der Waals surface area contributed by atoms with E-state index in [1.165, 1.54) is 7.11 Å². The molecule has 0 saturated carbocycles. The van der Waals surface area contributed by atoms with Gasteiger partial charge in [-0.25, -0.2) is 9.59 Å². The Hall–Kier alpha value is -1.56. The van der Waals surface area contributed by atoms with E-state index in [1.807, 2.05) is 13.8 Å². The van der Waals surface area contributed by atoms with Crippen LogP contribution in [0.25, 0.3) is 0 Å². The van der Waals surface area contributed by atoms with Gasteiger partial charge in [0.1, 0.15) is 11.6 Å². The number of aliphatic hydroxyl groups is 1. The average molecular weight is 301 g/mol. The number of esters is 1. The van der Waals surface area contributed by atoms with Gasteiger partial charge in [-0.2, -0.15) is 0 Å². The molecule has 0 spiro atoms. The zero-order valence-corrected chi connectivity index (χ0v) is 13.7. The van der Waals surface area contributed by atoms with Crippen molar-refractivity contribution in [1.82, 2.24) is 5.32 Å². The number of methoxy groups -OCH3 is 1. The number of ether oxygens (including phenoxy) is 2. The molecule has 0 saturated heterocycles. The third-order valence-electron chi connectivity index (χ3n) is 2.45. The molecule has 0 aromatic rings. The van der Waals surface area contributed by atoms with Gasteiger partial charge in [0, 0.05) is 0 Å². The van der Waals surface area contributed by atoms with E-state index in [0.29, 0.717) is 6.42 Å². The van der Waals surface area contributed by atoms with Crippen molar-refractivity contribution in [2.24, 2.45) is 0 Å². The topological polar surface area (TPSA) is 84.9 Å². The minimum Gasteiger partial charge on any atom is -0.467 e. The standard InChI is InChI=1S/C15H27NO5/c1-10(2)9-11(17)7-8-12(13(18)20-6)16-14(19)21-15(3,4)5/h9,11-12,17H,7-8H2,1-6H3,(H,16,19)/t11-,12-/m1/s1. The third kappa shape index (κ3) is 9.90. The molecule has 2 atom stereocenters. The number of carbonyl (C=O) groups is 2. The van der Waals surface area contributed by atoms with Crippen molar-refractivity contribution in [2.75, 3.05) is 7.11 Å². The quantitative estimate of drug-likeness (QED) is 0.580. The molecule has 0 fully saturated rings. The fraction of sp³-hybridized carbons (Fsp3) is 0.733. The first-order valence-corrected chi connectivity index (χ1v) is 6.95. The van der Waals surface area contributed by atoms with Crippen LogP contribution in [-0.4, -0.2) is 42.0 Å². The molecular weight excluding hydrogens is 274 g/mol. The van der Waals surface area contributed by atoms with Gasteiger partial charge in [-0.05, 0) is 47.5 Å². The predicted molar refractivity (Wildman–Crippen MR) is 79.8 cm³/mol. The Morgan fingerprint density at radius 2 is 1.81 bits per heavy atom. The van der Waals surface area contributed by atoms with Crippen LogP contribution in [0.1, 0.15) is 47.5 Å². The number of nitrogens with one attached hydrogen (secondary N) is 1. The van der Waals surface area contributed by atoms with Gasteiger partial charge in [-0.15, -0.1) is 0 Å². The number of rotatable bonds is 6. The van der Waals surface area contributed by atoms with Crippen LogP contribution in [0.2, 0.25) is 0 Å². The fourth-order valence-corrected chi connectivity index (χ4v) is 1.65. The van der Waals surface area contributed by atoms with E-state index < -0.39 is 29.8 Å². The molecule has 0 unspecified atom stereocenters. The largest absolute Gasteiger partial charge is 0.467 e. The smallest absolute Gasteiger partial charge is 0.408 e. The number of aliphatic hydroxyl groups excluding tert-OH is 1. The highest BCUT2D eigenvalue weighted by atomic mass is 16.6. The summed E-state index contributed by atoms with van der Waals surface area (Å²) in [4.78, 5) is 23.4. The molecule has 0 aromatic heterocycles. The molecule has 122 valence electrons. The Kier molecular flexibility index (Phi) is 8.02. The van der Waals surface area contributed by atoms with Gasteiger partial charge in [0.05, 0.1) is 13.2 Å². The Labute approximate surface area is 126 Å². The molecule has 6 heteroatoms. The lowest BCUT2D eigenvalue weighted by atomic mass is 10.1. The molecule has 2 N–H and O–H groups in total. The van der Waals surface area contributed by atoms with Gasteiger partial charge in [-0.3, -0.25) is 0 Å². The highest BCUT2D eigenvalue weighted by Gasteiger charge is 2.25. The Morgan fingerprint density at radius 3 is 2.24 bits per heavy atom. The van der Waals surface area contributed by atoms with Crippen LogP contribution in [0.5, 0.6) is 0 Å². The SMILES string of the molecule is COC(=O)[C@@H](CC[C@@H](O)C=C(C)C)NC(=O)OC(C)(C)C. The molecule has 6 nitrogen and oxygen atoms in total. The van der Waals surface area contributed by atoms with E-state index in [4.69, 9.17) is 4.74 Å². The van der Waals surface area contributed by atoms with Crippen molar-refractivity contribution < 1.29 is 24.2 Å². The van der Waals surface area contributed by atoms with Gasteiger partial charge in [-0.1, -0.05) is 11.6 Å². The maximum Gasteiger partial charge on any atom is 0.408 e. The third-order valence-corrected chi connectivity index (χ3v) is 2.45. The molecule has 0 aliphatic carbocycles. The molecule has 0 heterocycles. The van der Waals surface area contributed by atoms with Crippen molar-refractivity contribution in [3.05, 3.63) is 11.6 Å². The number of hydrogen-bond acceptors (Lipinski definition) is 5. The van der Waals surface area contributed by atoms with E-state index in [0.717, 1.165) is 5.57 Å². The summed E-state index contributed by atoms with van der Waals surface area (Å²) >= 11 is 0. The highest BCUT2D eigenvalue weighted by Crippen LogP contribution is 2.10. The minimum absolute atomic E-state index is 0.261. The lowest BCUT2D eigenvalue weighted by Crippen LogP contribution is -2.44. The van der Waals surface area contributed by atoms with E-state index in [-0.39, 0.29) is 6.42 Å². The monoisotopic (exact) mass is 301 g/mol.